The van der Waals surface area contributed by atoms with Gasteiger partial charge in [0.05, 0.1) is 31.0 Å². The van der Waals surface area contributed by atoms with Crippen molar-refractivity contribution in [3.05, 3.63) is 65.6 Å². The number of aromatic nitrogens is 2. The zero-order valence-corrected chi connectivity index (χ0v) is 51.5. The molecule has 2 amide bonds. The lowest BCUT2D eigenvalue weighted by molar-refractivity contribution is -0.265. The summed E-state index contributed by atoms with van der Waals surface area (Å²) in [6, 6.07) is -1.32. The summed E-state index contributed by atoms with van der Waals surface area (Å²) < 4.78 is 35.9. The van der Waals surface area contributed by atoms with Crippen LogP contribution in [0.15, 0.2) is 60.0 Å². The molecule has 0 aromatic carbocycles. The summed E-state index contributed by atoms with van der Waals surface area (Å²) in [6.07, 6.45) is 12.8. The minimum Gasteiger partial charge on any atom is -0.460 e. The molecule has 84 heavy (non-hydrogen) atoms. The number of fused-ring (bicyclic) bond motifs is 3. The summed E-state index contributed by atoms with van der Waals surface area (Å²) in [4.78, 5) is 99.4. The summed E-state index contributed by atoms with van der Waals surface area (Å²) in [5, 5.41) is 36.4. The van der Waals surface area contributed by atoms with Crippen molar-refractivity contribution < 1.29 is 72.5 Å². The molecule has 2 unspecified atom stereocenters. The number of methoxy groups -OCH3 is 3. The van der Waals surface area contributed by atoms with Crippen molar-refractivity contribution >= 4 is 41.3 Å². The average molecular weight is 1180 g/mol. The van der Waals surface area contributed by atoms with Gasteiger partial charge in [-0.1, -0.05) is 71.1 Å². The molecule has 1 aromatic rings. The number of aliphatic hydroxyl groups is 3. The van der Waals surface area contributed by atoms with Gasteiger partial charge >= 0.3 is 12.1 Å². The Balaban J connectivity index is 1.20. The molecule has 3 saturated heterocycles. The standard InChI is InChI=1S/C63H96N6O15/c1-38-17-13-12-14-18-39(2)52(79-9)31-48-22-20-44(7)63(78,84-48)58(74)59(75)69-24-16-15-19-49(69)60(76)82-53(32-50(71)40(3)28-43(6)56(73)57(81-11)55(72)42(5)27-38)41(4)29-45-21-23-51(54(30-45)80-10)83-62(77)66-35-46-33-64-61(65-34-46)68-26-25-67(8)36-47(68)37-70/h12-14,17-18,28,33-34,38,40-42,44-45,47-49,51-54,56-57,70,73,78H,15-16,19-27,29-32,35-37H2,1-11H3,(H,66,77)/b14-12?,17-13+,39-18?,43-28+/t38-,40-,41-,42?,44-,45+,47?,48+,49+,51-,52+,53+,54-,56-,57+,63-/m1/s1. The van der Waals surface area contributed by atoms with Crippen LogP contribution in [-0.4, -0.2) is 192 Å². The van der Waals surface area contributed by atoms with Crippen LogP contribution in [-0.2, 0) is 58.9 Å². The largest absolute Gasteiger partial charge is 0.460 e. The van der Waals surface area contributed by atoms with Gasteiger partial charge in [0.25, 0.3) is 11.7 Å². The van der Waals surface area contributed by atoms with Crippen LogP contribution in [0.3, 0.4) is 0 Å². The monoisotopic (exact) mass is 1180 g/mol. The van der Waals surface area contributed by atoms with Crippen LogP contribution in [0, 0.1) is 35.5 Å². The zero-order valence-electron chi connectivity index (χ0n) is 51.5. The molecular weight excluding hydrogens is 1080 g/mol. The predicted molar refractivity (Wildman–Crippen MR) is 314 cm³/mol. The number of Topliss-reactive ketones (excluding diaryl/α,β-unsaturated/α-hetero) is 3. The average Bonchev–Trinajstić information content (AvgIpc) is 3.67. The molecule has 1 saturated carbocycles. The fourth-order valence-electron chi connectivity index (χ4n) is 12.6. The molecule has 2 bridgehead atoms. The first kappa shape index (κ1) is 67.9. The van der Waals surface area contributed by atoms with Gasteiger partial charge < -0.3 is 63.8 Å². The molecule has 5 aliphatic rings. The van der Waals surface area contributed by atoms with Crippen LogP contribution in [0.1, 0.15) is 131 Å². The molecule has 6 rings (SSSR count). The minimum atomic E-state index is -2.47. The number of hydrogen-bond donors (Lipinski definition) is 4. The Labute approximate surface area is 496 Å². The number of alkyl carbamates (subject to hydrolysis) is 1. The van der Waals surface area contributed by atoms with E-state index in [1.807, 2.05) is 63.1 Å². The molecule has 5 heterocycles. The predicted octanol–water partition coefficient (Wildman–Crippen LogP) is 6.02. The van der Waals surface area contributed by atoms with E-state index >= 15 is 0 Å². The zero-order chi connectivity index (χ0) is 61.4. The van der Waals surface area contributed by atoms with Crippen LogP contribution in [0.2, 0.25) is 0 Å². The molecule has 4 N–H and O–H groups in total. The summed E-state index contributed by atoms with van der Waals surface area (Å²) >= 11 is 0. The number of esters is 1. The van der Waals surface area contributed by atoms with Gasteiger partial charge in [-0.05, 0) is 114 Å². The van der Waals surface area contributed by atoms with E-state index in [-0.39, 0.29) is 62.0 Å². The number of nitrogens with zero attached hydrogens (tertiary/aromatic N) is 5. The molecule has 4 aliphatic heterocycles. The van der Waals surface area contributed by atoms with Gasteiger partial charge in [-0.15, -0.1) is 0 Å². The Morgan fingerprint density at radius 1 is 0.857 bits per heavy atom. The third-order valence-corrected chi connectivity index (χ3v) is 18.0. The van der Waals surface area contributed by atoms with E-state index < -0.39 is 102 Å². The molecule has 0 radical (unpaired) electrons. The van der Waals surface area contributed by atoms with Crippen molar-refractivity contribution in [1.82, 2.24) is 25.1 Å². The first-order chi connectivity index (χ1) is 40.0. The number of likely N-dealkylation sites (N-methyl/N-ethyl adjacent to an activating group) is 1. The highest BCUT2D eigenvalue weighted by Gasteiger charge is 2.53. The van der Waals surface area contributed by atoms with Crippen LogP contribution in [0.4, 0.5) is 10.7 Å². The fraction of sp³-hybridized carbons (Fsp3) is 0.714. The highest BCUT2D eigenvalue weighted by molar-refractivity contribution is 6.39. The van der Waals surface area contributed by atoms with Crippen molar-refractivity contribution in [3.8, 4) is 0 Å². The van der Waals surface area contributed by atoms with Gasteiger partial charge in [0.1, 0.15) is 36.2 Å². The maximum absolute atomic E-state index is 14.7. The minimum absolute atomic E-state index is 0.00755. The summed E-state index contributed by atoms with van der Waals surface area (Å²) in [7, 11) is 6.50. The van der Waals surface area contributed by atoms with E-state index in [0.29, 0.717) is 94.4 Å². The first-order valence-corrected chi connectivity index (χ1v) is 30.3. The Bertz CT molecular complexity index is 2510. The number of ketones is 3. The second-order valence-electron chi connectivity index (χ2n) is 24.5. The van der Waals surface area contributed by atoms with Crippen LogP contribution < -0.4 is 10.2 Å². The highest BCUT2D eigenvalue weighted by atomic mass is 16.6. The van der Waals surface area contributed by atoms with Crippen molar-refractivity contribution in [2.75, 3.05) is 66.1 Å². The Hall–Kier alpha value is -5.26. The van der Waals surface area contributed by atoms with Crippen LogP contribution >= 0.6 is 0 Å². The third kappa shape index (κ3) is 17.9. The topological polar surface area (TPSA) is 266 Å². The number of rotatable bonds is 11. The number of aliphatic hydroxyl groups excluding tert-OH is 2. The highest BCUT2D eigenvalue weighted by Crippen LogP contribution is 2.38. The number of piperazine rings is 1. The first-order valence-electron chi connectivity index (χ1n) is 30.3. The molecular formula is C63H96N6O15. The smallest absolute Gasteiger partial charge is 0.407 e. The normalized spacial score (nSPS) is 35.0. The molecule has 21 nitrogen and oxygen atoms in total. The lowest BCUT2D eigenvalue weighted by Gasteiger charge is -2.42. The quantitative estimate of drug-likeness (QED) is 0.112. The van der Waals surface area contributed by atoms with Gasteiger partial charge in [0, 0.05) is 103 Å². The van der Waals surface area contributed by atoms with Crippen LogP contribution in [0.25, 0.3) is 0 Å². The maximum Gasteiger partial charge on any atom is 0.407 e. The van der Waals surface area contributed by atoms with Gasteiger partial charge in [0.2, 0.25) is 11.7 Å². The van der Waals surface area contributed by atoms with Gasteiger partial charge in [-0.2, -0.15) is 0 Å². The lowest BCUT2D eigenvalue weighted by Crippen LogP contribution is -2.61. The number of piperidine rings is 1. The van der Waals surface area contributed by atoms with E-state index in [9.17, 15) is 44.1 Å². The van der Waals surface area contributed by atoms with E-state index in [0.717, 1.165) is 12.1 Å². The summed E-state index contributed by atoms with van der Waals surface area (Å²) in [6.45, 7) is 14.9. The lowest BCUT2D eigenvalue weighted by atomic mass is 9.78. The molecule has 468 valence electrons. The Morgan fingerprint density at radius 3 is 2.29 bits per heavy atom. The summed E-state index contributed by atoms with van der Waals surface area (Å²) in [5.74, 6) is -8.03. The SMILES string of the molecule is CO[C@H]1C[C@@H]2CC[C@@H](C)[C@@](O)(O2)C(=O)C(=O)N2CCCC[C@H]2C(=O)O[C@H]([C@H](C)C[C@@H]2CC[C@@H](OC(=O)NCc3cnc(N4CCN(C)CC4CO)nc3)[C@H](OC)C2)CC(=O)[C@H](C)/C=C(\C)[C@@H](O)[C@@H](OC)C(=O)C(C)C[C@H](C)/C=C/C=CC=C1C. The molecule has 1 aromatic heterocycles. The van der Waals surface area contributed by atoms with E-state index in [1.54, 1.807) is 60.4 Å². The van der Waals surface area contributed by atoms with E-state index in [4.69, 9.17) is 28.4 Å². The number of cyclic esters (lactones) is 1. The maximum atomic E-state index is 14.7. The number of nitrogens with one attached hydrogen (secondary N) is 1. The number of hydrogen-bond acceptors (Lipinski definition) is 19. The number of anilines is 1. The molecule has 16 atom stereocenters. The van der Waals surface area contributed by atoms with Crippen molar-refractivity contribution in [3.63, 3.8) is 0 Å². The van der Waals surface area contributed by atoms with E-state index in [2.05, 4.69) is 20.2 Å². The number of carbonyl (C=O) groups excluding carboxylic acids is 6. The Morgan fingerprint density at radius 2 is 1.60 bits per heavy atom. The number of allylic oxidation sites excluding steroid dienone is 6. The fourth-order valence-corrected chi connectivity index (χ4v) is 12.6. The van der Waals surface area contributed by atoms with Crippen molar-refractivity contribution in [1.29, 1.82) is 0 Å². The second-order valence-corrected chi connectivity index (χ2v) is 24.5. The van der Waals surface area contributed by atoms with Gasteiger partial charge in [-0.25, -0.2) is 19.6 Å². The number of amides is 2. The molecule has 4 fully saturated rings. The van der Waals surface area contributed by atoms with E-state index in [1.165, 1.54) is 12.0 Å². The molecule has 21 heteroatoms. The number of carbonyl (C=O) groups is 6. The summed E-state index contributed by atoms with van der Waals surface area (Å²) in [5.41, 5.74) is 1.89. The second kappa shape index (κ2) is 31.9. The Kier molecular flexibility index (Phi) is 25.8. The van der Waals surface area contributed by atoms with Crippen molar-refractivity contribution in [2.24, 2.45) is 35.5 Å². The van der Waals surface area contributed by atoms with Gasteiger partial charge in [0.15, 0.2) is 5.78 Å². The molecule has 0 spiro atoms. The molecule has 1 aliphatic carbocycles. The van der Waals surface area contributed by atoms with Crippen LogP contribution in [0.5, 0.6) is 0 Å². The third-order valence-electron chi connectivity index (χ3n) is 18.0. The number of ether oxygens (including phenoxy) is 6. The van der Waals surface area contributed by atoms with Gasteiger partial charge in [-0.3, -0.25) is 19.2 Å². The van der Waals surface area contributed by atoms with Crippen molar-refractivity contribution in [2.45, 2.75) is 193 Å².